The zero-order chi connectivity index (χ0) is 17.1. The van der Waals surface area contributed by atoms with Crippen molar-refractivity contribution in [2.24, 2.45) is 0 Å². The minimum absolute atomic E-state index is 0.170. The standard InChI is InChI=1S/C18H18N4O3/c23-18(17-20-12-5-1-2-6-13(12)21-17)22-14-8-10-24-11-15(14)25-16-7-3-4-9-19-16/h1-7,9,14-15H,8,10-11H2,(H,20,21)(H,22,23)/t14-,15-/m1/s1. The zero-order valence-electron chi connectivity index (χ0n) is 13.5. The zero-order valence-corrected chi connectivity index (χ0v) is 13.5. The van der Waals surface area contributed by atoms with Gasteiger partial charge in [0.15, 0.2) is 5.82 Å². The first-order chi connectivity index (χ1) is 12.3. The van der Waals surface area contributed by atoms with E-state index in [1.807, 2.05) is 36.4 Å². The second-order valence-corrected chi connectivity index (χ2v) is 5.87. The second kappa shape index (κ2) is 6.90. The van der Waals surface area contributed by atoms with E-state index in [4.69, 9.17) is 9.47 Å². The number of rotatable bonds is 4. The number of pyridine rings is 1. The Balaban J connectivity index is 1.48. The number of H-pyrrole nitrogens is 1. The molecule has 128 valence electrons. The lowest BCUT2D eigenvalue weighted by molar-refractivity contribution is -0.0153. The average molecular weight is 338 g/mol. The Hall–Kier alpha value is -2.93. The molecule has 0 saturated carbocycles. The van der Waals surface area contributed by atoms with E-state index >= 15 is 0 Å². The first kappa shape index (κ1) is 15.6. The van der Waals surface area contributed by atoms with Crippen molar-refractivity contribution >= 4 is 16.9 Å². The van der Waals surface area contributed by atoms with E-state index in [1.54, 1.807) is 12.3 Å². The van der Waals surface area contributed by atoms with Crippen LogP contribution in [-0.4, -0.2) is 46.2 Å². The molecular formula is C18H18N4O3. The van der Waals surface area contributed by atoms with Crippen molar-refractivity contribution in [1.29, 1.82) is 0 Å². The van der Waals surface area contributed by atoms with Gasteiger partial charge in [0.25, 0.3) is 5.91 Å². The molecule has 1 saturated heterocycles. The molecule has 0 aliphatic carbocycles. The molecule has 3 heterocycles. The number of carbonyl (C=O) groups excluding carboxylic acids is 1. The van der Waals surface area contributed by atoms with Gasteiger partial charge in [-0.15, -0.1) is 0 Å². The summed E-state index contributed by atoms with van der Waals surface area (Å²) in [5.74, 6) is 0.558. The lowest BCUT2D eigenvalue weighted by Crippen LogP contribution is -2.51. The molecule has 7 nitrogen and oxygen atoms in total. The van der Waals surface area contributed by atoms with Gasteiger partial charge in [0.2, 0.25) is 5.88 Å². The minimum atomic E-state index is -0.294. The van der Waals surface area contributed by atoms with Crippen molar-refractivity contribution in [3.05, 3.63) is 54.5 Å². The summed E-state index contributed by atoms with van der Waals surface area (Å²) in [5.41, 5.74) is 1.60. The highest BCUT2D eigenvalue weighted by Gasteiger charge is 2.30. The fraction of sp³-hybridized carbons (Fsp3) is 0.278. The molecule has 0 unspecified atom stereocenters. The fourth-order valence-electron chi connectivity index (χ4n) is 2.86. The van der Waals surface area contributed by atoms with E-state index in [9.17, 15) is 4.79 Å². The topological polar surface area (TPSA) is 89.1 Å². The molecule has 7 heteroatoms. The van der Waals surface area contributed by atoms with Gasteiger partial charge in [0, 0.05) is 18.9 Å². The Kier molecular flexibility index (Phi) is 4.30. The quantitative estimate of drug-likeness (QED) is 0.759. The first-order valence-corrected chi connectivity index (χ1v) is 8.20. The van der Waals surface area contributed by atoms with Crippen molar-refractivity contribution in [2.75, 3.05) is 13.2 Å². The lowest BCUT2D eigenvalue weighted by atomic mass is 10.1. The number of imidazole rings is 1. The number of para-hydroxylation sites is 2. The molecule has 1 aliphatic heterocycles. The fourth-order valence-corrected chi connectivity index (χ4v) is 2.86. The van der Waals surface area contributed by atoms with Crippen molar-refractivity contribution < 1.29 is 14.3 Å². The van der Waals surface area contributed by atoms with Crippen LogP contribution in [0, 0.1) is 0 Å². The van der Waals surface area contributed by atoms with Crippen LogP contribution in [0.15, 0.2) is 48.7 Å². The number of nitrogens with one attached hydrogen (secondary N) is 2. The highest BCUT2D eigenvalue weighted by molar-refractivity contribution is 5.94. The van der Waals surface area contributed by atoms with E-state index in [0.29, 0.717) is 31.3 Å². The Labute approximate surface area is 144 Å². The molecule has 1 aliphatic rings. The number of aromatic nitrogens is 3. The monoisotopic (exact) mass is 338 g/mol. The average Bonchev–Trinajstić information content (AvgIpc) is 3.09. The smallest absolute Gasteiger partial charge is 0.287 e. The Morgan fingerprint density at radius 3 is 2.96 bits per heavy atom. The molecule has 1 aromatic carbocycles. The van der Waals surface area contributed by atoms with E-state index in [2.05, 4.69) is 20.3 Å². The van der Waals surface area contributed by atoms with Crippen LogP contribution in [0.5, 0.6) is 5.88 Å². The largest absolute Gasteiger partial charge is 0.470 e. The number of hydrogen-bond donors (Lipinski definition) is 2. The maximum absolute atomic E-state index is 12.6. The summed E-state index contributed by atoms with van der Waals surface area (Å²) in [7, 11) is 0. The molecule has 0 radical (unpaired) electrons. The van der Waals surface area contributed by atoms with Crippen LogP contribution in [-0.2, 0) is 4.74 Å². The number of nitrogens with zero attached hydrogens (tertiary/aromatic N) is 2. The van der Waals surface area contributed by atoms with E-state index in [-0.39, 0.29) is 18.1 Å². The Bertz CT molecular complexity index is 832. The van der Waals surface area contributed by atoms with Crippen LogP contribution >= 0.6 is 0 Å². The van der Waals surface area contributed by atoms with Gasteiger partial charge in [-0.3, -0.25) is 4.79 Å². The number of amides is 1. The van der Waals surface area contributed by atoms with Gasteiger partial charge in [0.05, 0.1) is 23.7 Å². The van der Waals surface area contributed by atoms with Crippen molar-refractivity contribution in [3.63, 3.8) is 0 Å². The van der Waals surface area contributed by atoms with Crippen LogP contribution < -0.4 is 10.1 Å². The molecule has 1 fully saturated rings. The molecule has 0 spiro atoms. The van der Waals surface area contributed by atoms with Gasteiger partial charge in [-0.05, 0) is 24.6 Å². The number of hydrogen-bond acceptors (Lipinski definition) is 5. The first-order valence-electron chi connectivity index (χ1n) is 8.20. The van der Waals surface area contributed by atoms with Gasteiger partial charge in [-0.2, -0.15) is 0 Å². The summed E-state index contributed by atoms with van der Waals surface area (Å²) in [4.78, 5) is 24.1. The van der Waals surface area contributed by atoms with Gasteiger partial charge in [-0.25, -0.2) is 9.97 Å². The van der Waals surface area contributed by atoms with Gasteiger partial charge >= 0.3 is 0 Å². The third-order valence-electron chi connectivity index (χ3n) is 4.13. The molecule has 2 aromatic heterocycles. The summed E-state index contributed by atoms with van der Waals surface area (Å²) in [6.45, 7) is 0.981. The van der Waals surface area contributed by atoms with E-state index in [0.717, 1.165) is 11.0 Å². The molecular weight excluding hydrogens is 320 g/mol. The highest BCUT2D eigenvalue weighted by Crippen LogP contribution is 2.16. The number of benzene rings is 1. The Morgan fingerprint density at radius 2 is 2.12 bits per heavy atom. The molecule has 2 atom stereocenters. The van der Waals surface area contributed by atoms with Gasteiger partial charge < -0.3 is 19.8 Å². The van der Waals surface area contributed by atoms with Gasteiger partial charge in [-0.1, -0.05) is 18.2 Å². The number of carbonyl (C=O) groups is 1. The number of fused-ring (bicyclic) bond motifs is 1. The molecule has 0 bridgehead atoms. The maximum atomic E-state index is 12.6. The molecule has 4 rings (SSSR count). The van der Waals surface area contributed by atoms with Crippen LogP contribution in [0.4, 0.5) is 0 Å². The van der Waals surface area contributed by atoms with Crippen LogP contribution in [0.2, 0.25) is 0 Å². The maximum Gasteiger partial charge on any atom is 0.287 e. The van der Waals surface area contributed by atoms with Crippen molar-refractivity contribution in [3.8, 4) is 5.88 Å². The van der Waals surface area contributed by atoms with E-state index < -0.39 is 0 Å². The minimum Gasteiger partial charge on any atom is -0.470 e. The summed E-state index contributed by atoms with van der Waals surface area (Å²) in [5, 5.41) is 3.00. The lowest BCUT2D eigenvalue weighted by Gasteiger charge is -2.31. The second-order valence-electron chi connectivity index (χ2n) is 5.87. The van der Waals surface area contributed by atoms with Crippen LogP contribution in [0.25, 0.3) is 11.0 Å². The SMILES string of the molecule is O=C(N[C@@H]1CCOC[C@H]1Oc1ccccn1)c1nc2ccccc2[nH]1. The predicted octanol–water partition coefficient (Wildman–Crippen LogP) is 1.92. The van der Waals surface area contributed by atoms with E-state index in [1.165, 1.54) is 0 Å². The number of ether oxygens (including phenoxy) is 2. The molecule has 2 N–H and O–H groups in total. The van der Waals surface area contributed by atoms with Crippen LogP contribution in [0.3, 0.4) is 0 Å². The summed E-state index contributed by atoms with van der Waals surface area (Å²) < 4.78 is 11.4. The third-order valence-corrected chi connectivity index (χ3v) is 4.13. The van der Waals surface area contributed by atoms with Crippen molar-refractivity contribution in [1.82, 2.24) is 20.3 Å². The number of aromatic amines is 1. The molecule has 25 heavy (non-hydrogen) atoms. The molecule has 3 aromatic rings. The summed E-state index contributed by atoms with van der Waals surface area (Å²) >= 11 is 0. The van der Waals surface area contributed by atoms with Crippen LogP contribution in [0.1, 0.15) is 17.0 Å². The van der Waals surface area contributed by atoms with Gasteiger partial charge in [0.1, 0.15) is 6.10 Å². The normalized spacial score (nSPS) is 20.3. The third kappa shape index (κ3) is 3.46. The Morgan fingerprint density at radius 1 is 1.24 bits per heavy atom. The summed E-state index contributed by atoms with van der Waals surface area (Å²) in [6.07, 6.45) is 2.04. The predicted molar refractivity (Wildman–Crippen MR) is 91.4 cm³/mol. The summed E-state index contributed by atoms with van der Waals surface area (Å²) in [6, 6.07) is 12.8. The molecule has 1 amide bonds. The highest BCUT2D eigenvalue weighted by atomic mass is 16.5. The van der Waals surface area contributed by atoms with Crippen molar-refractivity contribution in [2.45, 2.75) is 18.6 Å².